The predicted octanol–water partition coefficient (Wildman–Crippen LogP) is -1.11. The van der Waals surface area contributed by atoms with E-state index in [1.54, 1.807) is 0 Å². The van der Waals surface area contributed by atoms with Gasteiger partial charge < -0.3 is 29.2 Å². The first-order valence-corrected chi connectivity index (χ1v) is 6.83. The fourth-order valence-corrected chi connectivity index (χ4v) is 2.29. The fraction of sp³-hybridized carbons (Fsp3) is 0.429. The van der Waals surface area contributed by atoms with Gasteiger partial charge in [-0.3, -0.25) is 0 Å². The van der Waals surface area contributed by atoms with E-state index in [1.165, 1.54) is 0 Å². The molecule has 10 heteroatoms. The first kappa shape index (κ1) is 17.6. The van der Waals surface area contributed by atoms with Crippen molar-refractivity contribution in [2.45, 2.75) is 24.4 Å². The second-order valence-electron chi connectivity index (χ2n) is 4.89. The SMILES string of the molecule is O=C(O)/C=C\C(=O)OC1COC2C(OC(=O)/C=C\C(=O)O)COC12. The first-order chi connectivity index (χ1) is 11.4. The maximum absolute atomic E-state index is 11.5. The van der Waals surface area contributed by atoms with Crippen LogP contribution in [0.2, 0.25) is 0 Å². The molecule has 4 atom stereocenters. The lowest BCUT2D eigenvalue weighted by molar-refractivity contribution is -0.149. The van der Waals surface area contributed by atoms with Crippen LogP contribution in [-0.4, -0.2) is 71.7 Å². The summed E-state index contributed by atoms with van der Waals surface area (Å²) in [6, 6.07) is 0. The van der Waals surface area contributed by atoms with Crippen molar-refractivity contribution in [1.82, 2.24) is 0 Å². The molecule has 0 radical (unpaired) electrons. The van der Waals surface area contributed by atoms with E-state index >= 15 is 0 Å². The number of carbonyl (C=O) groups is 4. The Hall–Kier alpha value is -2.72. The molecule has 2 N–H and O–H groups in total. The van der Waals surface area contributed by atoms with Crippen LogP contribution >= 0.6 is 0 Å². The molecule has 0 saturated carbocycles. The van der Waals surface area contributed by atoms with E-state index in [1.807, 2.05) is 0 Å². The number of fused-ring (bicyclic) bond motifs is 1. The summed E-state index contributed by atoms with van der Waals surface area (Å²) in [4.78, 5) is 43.6. The molecule has 2 fully saturated rings. The Bertz CT molecular complexity index is 540. The van der Waals surface area contributed by atoms with Crippen molar-refractivity contribution in [3.05, 3.63) is 24.3 Å². The van der Waals surface area contributed by atoms with E-state index in [2.05, 4.69) is 0 Å². The zero-order chi connectivity index (χ0) is 17.7. The highest BCUT2D eigenvalue weighted by Crippen LogP contribution is 2.30. The third-order valence-corrected chi connectivity index (χ3v) is 3.22. The molecule has 0 bridgehead atoms. The molecule has 0 amide bonds. The zero-order valence-electron chi connectivity index (χ0n) is 12.2. The van der Waals surface area contributed by atoms with Gasteiger partial charge in [0, 0.05) is 24.3 Å². The molecule has 2 aliphatic heterocycles. The highest BCUT2D eigenvalue weighted by atomic mass is 16.7. The molecule has 0 aliphatic carbocycles. The largest absolute Gasteiger partial charge is 0.478 e. The Kier molecular flexibility index (Phi) is 5.66. The summed E-state index contributed by atoms with van der Waals surface area (Å²) in [5, 5.41) is 16.9. The van der Waals surface area contributed by atoms with E-state index in [0.29, 0.717) is 12.2 Å². The smallest absolute Gasteiger partial charge is 0.331 e. The van der Waals surface area contributed by atoms with Crippen LogP contribution in [-0.2, 0) is 38.1 Å². The number of aliphatic carboxylic acids is 2. The van der Waals surface area contributed by atoms with Crippen LogP contribution < -0.4 is 0 Å². The van der Waals surface area contributed by atoms with Gasteiger partial charge in [0.05, 0.1) is 13.2 Å². The summed E-state index contributed by atoms with van der Waals surface area (Å²) >= 11 is 0. The second-order valence-corrected chi connectivity index (χ2v) is 4.89. The predicted molar refractivity (Wildman–Crippen MR) is 72.8 cm³/mol. The molecular formula is C14H14O10. The average molecular weight is 342 g/mol. The second kappa shape index (κ2) is 7.70. The Morgan fingerprint density at radius 1 is 0.750 bits per heavy atom. The molecule has 2 saturated heterocycles. The summed E-state index contributed by atoms with van der Waals surface area (Å²) in [5.74, 6) is -4.29. The van der Waals surface area contributed by atoms with Gasteiger partial charge >= 0.3 is 23.9 Å². The van der Waals surface area contributed by atoms with Crippen LogP contribution in [0.4, 0.5) is 0 Å². The molecule has 130 valence electrons. The first-order valence-electron chi connectivity index (χ1n) is 6.83. The number of esters is 2. The molecule has 10 nitrogen and oxygen atoms in total. The van der Waals surface area contributed by atoms with Gasteiger partial charge in [-0.05, 0) is 0 Å². The summed E-state index contributed by atoms with van der Waals surface area (Å²) in [7, 11) is 0. The quantitative estimate of drug-likeness (QED) is 0.450. The van der Waals surface area contributed by atoms with Gasteiger partial charge in [-0.2, -0.15) is 0 Å². The van der Waals surface area contributed by atoms with Crippen molar-refractivity contribution in [3.63, 3.8) is 0 Å². The Morgan fingerprint density at radius 2 is 1.12 bits per heavy atom. The molecule has 2 aliphatic rings. The van der Waals surface area contributed by atoms with Crippen LogP contribution in [0.1, 0.15) is 0 Å². The minimum atomic E-state index is -1.29. The lowest BCUT2D eigenvalue weighted by Crippen LogP contribution is -2.35. The number of carbonyl (C=O) groups excluding carboxylic acids is 2. The van der Waals surface area contributed by atoms with Crippen molar-refractivity contribution in [1.29, 1.82) is 0 Å². The highest BCUT2D eigenvalue weighted by molar-refractivity contribution is 5.91. The molecule has 0 aromatic heterocycles. The molecule has 2 heterocycles. The van der Waals surface area contributed by atoms with Crippen molar-refractivity contribution in [2.75, 3.05) is 13.2 Å². The summed E-state index contributed by atoms with van der Waals surface area (Å²) in [5.41, 5.74) is 0. The highest BCUT2D eigenvalue weighted by Gasteiger charge is 2.50. The van der Waals surface area contributed by atoms with Crippen molar-refractivity contribution < 1.29 is 48.3 Å². The number of hydrogen-bond donors (Lipinski definition) is 2. The van der Waals surface area contributed by atoms with Crippen LogP contribution in [0.3, 0.4) is 0 Å². The molecule has 0 aromatic carbocycles. The average Bonchev–Trinajstić information content (AvgIpc) is 3.07. The molecule has 0 spiro atoms. The van der Waals surface area contributed by atoms with Gasteiger partial charge in [-0.1, -0.05) is 0 Å². The lowest BCUT2D eigenvalue weighted by atomic mass is 10.1. The van der Waals surface area contributed by atoms with Gasteiger partial charge in [-0.25, -0.2) is 19.2 Å². The maximum Gasteiger partial charge on any atom is 0.331 e. The topological polar surface area (TPSA) is 146 Å². The number of carboxylic acid groups (broad SMARTS) is 2. The van der Waals surface area contributed by atoms with Crippen LogP contribution in [0.25, 0.3) is 0 Å². The summed E-state index contributed by atoms with van der Waals surface area (Å²) < 4.78 is 20.9. The molecule has 2 rings (SSSR count). The maximum atomic E-state index is 11.5. The Balaban J connectivity index is 1.87. The molecule has 24 heavy (non-hydrogen) atoms. The number of hydrogen-bond acceptors (Lipinski definition) is 8. The van der Waals surface area contributed by atoms with E-state index in [4.69, 9.17) is 29.2 Å². The van der Waals surface area contributed by atoms with E-state index < -0.39 is 48.3 Å². The molecule has 4 unspecified atom stereocenters. The van der Waals surface area contributed by atoms with E-state index in [0.717, 1.165) is 12.2 Å². The standard InChI is InChI=1S/C14H14O10/c15-9(16)1-3-11(19)23-7-5-21-14-8(6-22-13(7)14)24-12(20)4-2-10(17)18/h1-4,7-8,13-14H,5-6H2,(H,15,16)(H,17,18)/b3-1-,4-2-. The van der Waals surface area contributed by atoms with Gasteiger partial charge in [0.15, 0.2) is 12.2 Å². The van der Waals surface area contributed by atoms with Gasteiger partial charge in [0.2, 0.25) is 0 Å². The van der Waals surface area contributed by atoms with Crippen LogP contribution in [0.15, 0.2) is 24.3 Å². The Morgan fingerprint density at radius 3 is 1.46 bits per heavy atom. The van der Waals surface area contributed by atoms with Gasteiger partial charge in [0.25, 0.3) is 0 Å². The van der Waals surface area contributed by atoms with Gasteiger partial charge in [-0.15, -0.1) is 0 Å². The van der Waals surface area contributed by atoms with E-state index in [-0.39, 0.29) is 13.2 Å². The summed E-state index contributed by atoms with van der Waals surface area (Å²) in [6.07, 6.45) is -0.0348. The van der Waals surface area contributed by atoms with Crippen LogP contribution in [0.5, 0.6) is 0 Å². The number of rotatable bonds is 6. The monoisotopic (exact) mass is 342 g/mol. The lowest BCUT2D eigenvalue weighted by Gasteiger charge is -2.16. The van der Waals surface area contributed by atoms with Crippen molar-refractivity contribution in [3.8, 4) is 0 Å². The Labute approximate surface area is 135 Å². The molecule has 0 aromatic rings. The zero-order valence-corrected chi connectivity index (χ0v) is 12.2. The third kappa shape index (κ3) is 4.64. The van der Waals surface area contributed by atoms with Crippen molar-refractivity contribution >= 4 is 23.9 Å². The van der Waals surface area contributed by atoms with Gasteiger partial charge in [0.1, 0.15) is 12.2 Å². The minimum Gasteiger partial charge on any atom is -0.478 e. The number of carboxylic acids is 2. The van der Waals surface area contributed by atoms with E-state index in [9.17, 15) is 19.2 Å². The minimum absolute atomic E-state index is 0.000993. The molecular weight excluding hydrogens is 328 g/mol. The van der Waals surface area contributed by atoms with Crippen LogP contribution in [0, 0.1) is 0 Å². The normalized spacial score (nSPS) is 28.8. The van der Waals surface area contributed by atoms with Crippen molar-refractivity contribution in [2.24, 2.45) is 0 Å². The third-order valence-electron chi connectivity index (χ3n) is 3.22. The fourth-order valence-electron chi connectivity index (χ4n) is 2.29. The summed E-state index contributed by atoms with van der Waals surface area (Å²) in [6.45, 7) is 0.00199. The number of ether oxygens (including phenoxy) is 4.